The number of carboxylic acid groups (broad SMARTS) is 1. The lowest BCUT2D eigenvalue weighted by Gasteiger charge is -2.20. The maximum absolute atomic E-state index is 14.5. The number of carbonyl (C=O) groups is 2. The fraction of sp³-hybridized carbons (Fsp3) is 0.185. The van der Waals surface area contributed by atoms with E-state index in [9.17, 15) is 19.1 Å². The van der Waals surface area contributed by atoms with Crippen LogP contribution >= 0.6 is 22.9 Å². The number of thiazole rings is 1. The number of nitrogens with one attached hydrogen (secondary N) is 2. The highest BCUT2D eigenvalue weighted by Gasteiger charge is 2.50. The van der Waals surface area contributed by atoms with Crippen molar-refractivity contribution in [3.8, 4) is 11.5 Å². The number of nitrogen functional groups attached to an aromatic ring is 1. The van der Waals surface area contributed by atoms with Crippen LogP contribution in [0, 0.1) is 5.82 Å². The van der Waals surface area contributed by atoms with Gasteiger partial charge in [0.25, 0.3) is 0 Å². The fourth-order valence-electron chi connectivity index (χ4n) is 4.79. The van der Waals surface area contributed by atoms with Gasteiger partial charge in [-0.1, -0.05) is 29.8 Å². The molecule has 4 heterocycles. The van der Waals surface area contributed by atoms with Crippen LogP contribution in [0.2, 0.25) is 5.02 Å². The van der Waals surface area contributed by atoms with Gasteiger partial charge in [0, 0.05) is 21.4 Å². The molecule has 1 unspecified atom stereocenters. The predicted octanol–water partition coefficient (Wildman–Crippen LogP) is 4.52. The quantitative estimate of drug-likeness (QED) is 0.213. The third-order valence-corrected chi connectivity index (χ3v) is 8.29. The van der Waals surface area contributed by atoms with Crippen molar-refractivity contribution < 1.29 is 19.1 Å². The van der Waals surface area contributed by atoms with E-state index in [0.717, 1.165) is 0 Å². The molecule has 0 saturated heterocycles. The molecule has 0 saturated carbocycles. The number of rotatable bonds is 7. The molecule has 0 fully saturated rings. The molecule has 1 aliphatic rings. The number of hydrogen-bond acceptors (Lipinski definition) is 9. The molecule has 14 heteroatoms. The number of aromatic nitrogens is 5. The summed E-state index contributed by atoms with van der Waals surface area (Å²) in [5.41, 5.74) is 6.98. The Morgan fingerprint density at radius 3 is 2.80 bits per heavy atom. The van der Waals surface area contributed by atoms with Crippen molar-refractivity contribution in [3.63, 3.8) is 0 Å². The van der Waals surface area contributed by atoms with Gasteiger partial charge in [0.05, 0.1) is 17.6 Å². The summed E-state index contributed by atoms with van der Waals surface area (Å²) in [4.78, 5) is 38.2. The number of anilines is 3. The Morgan fingerprint density at radius 1 is 1.27 bits per heavy atom. The minimum Gasteiger partial charge on any atom is -0.480 e. The van der Waals surface area contributed by atoms with Crippen molar-refractivity contribution in [1.29, 1.82) is 0 Å². The summed E-state index contributed by atoms with van der Waals surface area (Å²) in [6.07, 6.45) is 0. The first-order valence-corrected chi connectivity index (χ1v) is 13.7. The second kappa shape index (κ2) is 9.78. The molecule has 1 amide bonds. The predicted molar refractivity (Wildman–Crippen MR) is 154 cm³/mol. The SMILES string of the molecule is C[C@@H](Nc1csc(C2(C)C(=O)Nc3nc(-c4nn(Cc5ccccc5F)c5cc(Cl)ccc45)nc(N)c32)n1)C(=O)O. The lowest BCUT2D eigenvalue weighted by Crippen LogP contribution is -2.33. The molecule has 3 aromatic heterocycles. The van der Waals surface area contributed by atoms with Gasteiger partial charge in [-0.3, -0.25) is 14.3 Å². The van der Waals surface area contributed by atoms with Crippen LogP contribution in [0.4, 0.5) is 21.8 Å². The zero-order valence-corrected chi connectivity index (χ0v) is 23.2. The molecule has 6 rings (SSSR count). The molecule has 2 atom stereocenters. The second-order valence-electron chi connectivity index (χ2n) is 9.74. The summed E-state index contributed by atoms with van der Waals surface area (Å²) in [5, 5.41) is 22.6. The molecule has 5 aromatic rings. The van der Waals surface area contributed by atoms with Crippen LogP contribution in [0.1, 0.15) is 30.0 Å². The van der Waals surface area contributed by atoms with E-state index in [1.807, 2.05) is 0 Å². The number of amides is 1. The van der Waals surface area contributed by atoms with Crippen LogP contribution < -0.4 is 16.4 Å². The van der Waals surface area contributed by atoms with Crippen LogP contribution in [0.3, 0.4) is 0 Å². The monoisotopic (exact) mass is 592 g/mol. The number of carboxylic acids is 1. The topological polar surface area (TPSA) is 161 Å². The molecule has 5 N–H and O–H groups in total. The first kappa shape index (κ1) is 26.6. The van der Waals surface area contributed by atoms with Gasteiger partial charge in [-0.05, 0) is 38.1 Å². The normalized spacial score (nSPS) is 16.9. The van der Waals surface area contributed by atoms with Gasteiger partial charge in [-0.2, -0.15) is 5.10 Å². The molecule has 0 radical (unpaired) electrons. The zero-order valence-electron chi connectivity index (χ0n) is 21.6. The lowest BCUT2D eigenvalue weighted by molar-refractivity contribution is -0.137. The van der Waals surface area contributed by atoms with Crippen LogP contribution in [-0.4, -0.2) is 47.8 Å². The van der Waals surface area contributed by atoms with Crippen molar-refractivity contribution in [1.82, 2.24) is 24.7 Å². The number of nitrogens with two attached hydrogens (primary N) is 1. The van der Waals surface area contributed by atoms with Crippen LogP contribution in [0.5, 0.6) is 0 Å². The summed E-state index contributed by atoms with van der Waals surface area (Å²) >= 11 is 7.47. The molecule has 0 bridgehead atoms. The first-order chi connectivity index (χ1) is 19.6. The summed E-state index contributed by atoms with van der Waals surface area (Å²) in [7, 11) is 0. The molecule has 2 aromatic carbocycles. The van der Waals surface area contributed by atoms with Crippen LogP contribution in [-0.2, 0) is 21.5 Å². The average Bonchev–Trinajstić information content (AvgIpc) is 3.61. The number of hydrogen-bond donors (Lipinski definition) is 4. The summed E-state index contributed by atoms with van der Waals surface area (Å²) in [5.74, 6) is -1.04. The summed E-state index contributed by atoms with van der Waals surface area (Å²) in [6.45, 7) is 3.29. The van der Waals surface area contributed by atoms with E-state index in [-0.39, 0.29) is 29.8 Å². The maximum Gasteiger partial charge on any atom is 0.325 e. The number of benzene rings is 2. The van der Waals surface area contributed by atoms with E-state index < -0.39 is 23.3 Å². The fourth-order valence-corrected chi connectivity index (χ4v) is 5.88. The molecule has 208 valence electrons. The van der Waals surface area contributed by atoms with Crippen molar-refractivity contribution >= 4 is 63.2 Å². The van der Waals surface area contributed by atoms with Gasteiger partial charge in [0.2, 0.25) is 5.91 Å². The molecule has 0 spiro atoms. The van der Waals surface area contributed by atoms with Crippen molar-refractivity contribution in [2.75, 3.05) is 16.4 Å². The lowest BCUT2D eigenvalue weighted by atomic mass is 9.85. The van der Waals surface area contributed by atoms with E-state index in [4.69, 9.17) is 22.4 Å². The third-order valence-electron chi connectivity index (χ3n) is 6.99. The van der Waals surface area contributed by atoms with E-state index in [1.54, 1.807) is 53.4 Å². The van der Waals surface area contributed by atoms with Crippen LogP contribution in [0.15, 0.2) is 47.8 Å². The Balaban J connectivity index is 1.42. The summed E-state index contributed by atoms with van der Waals surface area (Å²) in [6, 6.07) is 10.8. The van der Waals surface area contributed by atoms with Crippen molar-refractivity contribution in [2.45, 2.75) is 31.8 Å². The van der Waals surface area contributed by atoms with E-state index >= 15 is 0 Å². The smallest absolute Gasteiger partial charge is 0.325 e. The standard InChI is InChI=1S/C27H22ClFN8O3S/c1-12(24(38)39)31-18-11-41-26(32-18)27(2)19-21(30)33-23(34-22(19)35-25(27)40)20-15-8-7-14(28)9-17(15)37(36-20)10-13-5-3-4-6-16(13)29/h3-9,11-12,31H,10H2,1-2H3,(H,38,39)(H3,30,33,34,35,40)/t12-,27?/m1/s1. The Bertz CT molecular complexity index is 1870. The van der Waals surface area contributed by atoms with Crippen LogP contribution in [0.25, 0.3) is 22.4 Å². The highest BCUT2D eigenvalue weighted by atomic mass is 35.5. The van der Waals surface area contributed by atoms with Crippen molar-refractivity contribution in [3.05, 3.63) is 74.8 Å². The minimum absolute atomic E-state index is 0.0558. The Kier molecular flexibility index (Phi) is 6.35. The number of carbonyl (C=O) groups excluding carboxylic acids is 1. The largest absolute Gasteiger partial charge is 0.480 e. The van der Waals surface area contributed by atoms with Gasteiger partial charge in [0.1, 0.15) is 45.4 Å². The van der Waals surface area contributed by atoms with Gasteiger partial charge in [-0.15, -0.1) is 11.3 Å². The van der Waals surface area contributed by atoms with Gasteiger partial charge < -0.3 is 21.5 Å². The van der Waals surface area contributed by atoms with Gasteiger partial charge >= 0.3 is 5.97 Å². The molecule has 0 aliphatic carbocycles. The first-order valence-electron chi connectivity index (χ1n) is 12.4. The average molecular weight is 593 g/mol. The van der Waals surface area contributed by atoms with Gasteiger partial charge in [-0.25, -0.2) is 19.3 Å². The van der Waals surface area contributed by atoms with E-state index in [0.29, 0.717) is 43.6 Å². The maximum atomic E-state index is 14.5. The number of nitrogens with zero attached hydrogens (tertiary/aromatic N) is 5. The Hall–Kier alpha value is -4.62. The highest BCUT2D eigenvalue weighted by molar-refractivity contribution is 7.10. The third kappa shape index (κ3) is 4.43. The molecular formula is C27H22ClFN8O3S. The number of fused-ring (bicyclic) bond motifs is 2. The second-order valence-corrected chi connectivity index (χ2v) is 11.0. The molecular weight excluding hydrogens is 571 g/mol. The number of aliphatic carboxylic acids is 1. The highest BCUT2D eigenvalue weighted by Crippen LogP contribution is 2.46. The van der Waals surface area contributed by atoms with E-state index in [2.05, 4.69) is 25.6 Å². The van der Waals surface area contributed by atoms with Gasteiger partial charge in [0.15, 0.2) is 5.82 Å². The molecule has 41 heavy (non-hydrogen) atoms. The summed E-state index contributed by atoms with van der Waals surface area (Å²) < 4.78 is 16.1. The molecule has 1 aliphatic heterocycles. The Labute approximate surface area is 241 Å². The van der Waals surface area contributed by atoms with Crippen molar-refractivity contribution in [2.24, 2.45) is 0 Å². The minimum atomic E-state index is -1.31. The zero-order chi connectivity index (χ0) is 29.1. The number of halogens is 2. The molecule has 11 nitrogen and oxygen atoms in total. The van der Waals surface area contributed by atoms with E-state index in [1.165, 1.54) is 24.3 Å². The Morgan fingerprint density at radius 2 is 2.05 bits per heavy atom.